The van der Waals surface area contributed by atoms with E-state index in [1.165, 1.54) is 4.57 Å². The van der Waals surface area contributed by atoms with Gasteiger partial charge in [-0.25, -0.2) is 14.4 Å². The van der Waals surface area contributed by atoms with Gasteiger partial charge in [0.15, 0.2) is 0 Å². The first-order valence-corrected chi connectivity index (χ1v) is 8.34. The molecule has 9 nitrogen and oxygen atoms in total. The molecule has 1 aromatic heterocycles. The van der Waals surface area contributed by atoms with Gasteiger partial charge in [-0.15, -0.1) is 0 Å². The van der Waals surface area contributed by atoms with Gasteiger partial charge < -0.3 is 10.2 Å². The van der Waals surface area contributed by atoms with E-state index in [1.807, 2.05) is 6.07 Å². The summed E-state index contributed by atoms with van der Waals surface area (Å²) in [5.74, 6) is 0. The van der Waals surface area contributed by atoms with E-state index in [-0.39, 0.29) is 5.69 Å². The number of amides is 2. The molecule has 2 amide bonds. The largest absolute Gasteiger partial charge is 0.465 e. The minimum absolute atomic E-state index is 0.204. The van der Waals surface area contributed by atoms with Gasteiger partial charge in [-0.3, -0.25) is 19.8 Å². The van der Waals surface area contributed by atoms with Gasteiger partial charge in [0.05, 0.1) is 13.1 Å². The standard InChI is InChI=1S/C19H18N4O5/c24-17(25)20-15-6-4-13(5-7-15)11-22-8-9-23(19(22)28)12-14-2-1-3-16(10-14)21-18(26)27/h1-10,20-21H,11-12H2,(H,24,25)(H,26,27). The van der Waals surface area contributed by atoms with Crippen LogP contribution in [0.5, 0.6) is 0 Å². The van der Waals surface area contributed by atoms with E-state index in [2.05, 4.69) is 10.6 Å². The van der Waals surface area contributed by atoms with Crippen LogP contribution in [0, 0.1) is 0 Å². The fourth-order valence-electron chi connectivity index (χ4n) is 2.78. The molecule has 3 rings (SSSR count). The molecule has 3 aromatic rings. The highest BCUT2D eigenvalue weighted by Crippen LogP contribution is 2.12. The molecular formula is C19H18N4O5. The third-order valence-corrected chi connectivity index (χ3v) is 4.01. The number of nitrogens with one attached hydrogen (secondary N) is 2. The lowest BCUT2D eigenvalue weighted by Crippen LogP contribution is -2.24. The second kappa shape index (κ2) is 8.12. The van der Waals surface area contributed by atoms with Crippen LogP contribution in [-0.2, 0) is 13.1 Å². The van der Waals surface area contributed by atoms with Crippen molar-refractivity contribution in [2.24, 2.45) is 0 Å². The number of carbonyl (C=O) groups is 2. The van der Waals surface area contributed by atoms with Crippen molar-refractivity contribution in [1.82, 2.24) is 9.13 Å². The third kappa shape index (κ3) is 4.79. The highest BCUT2D eigenvalue weighted by molar-refractivity contribution is 5.83. The quantitative estimate of drug-likeness (QED) is 0.521. The van der Waals surface area contributed by atoms with E-state index < -0.39 is 12.2 Å². The zero-order valence-corrected chi connectivity index (χ0v) is 14.7. The number of rotatable bonds is 6. The fraction of sp³-hybridized carbons (Fsp3) is 0.105. The first-order valence-electron chi connectivity index (χ1n) is 8.34. The van der Waals surface area contributed by atoms with Crippen LogP contribution in [0.15, 0.2) is 65.7 Å². The van der Waals surface area contributed by atoms with Crippen molar-refractivity contribution in [2.45, 2.75) is 13.1 Å². The number of nitrogens with zero attached hydrogens (tertiary/aromatic N) is 2. The summed E-state index contributed by atoms with van der Waals surface area (Å²) in [7, 11) is 0. The lowest BCUT2D eigenvalue weighted by atomic mass is 10.2. The maximum Gasteiger partial charge on any atom is 0.409 e. The Morgan fingerprint density at radius 2 is 1.36 bits per heavy atom. The maximum atomic E-state index is 12.6. The van der Waals surface area contributed by atoms with E-state index in [0.717, 1.165) is 11.1 Å². The summed E-state index contributed by atoms with van der Waals surface area (Å²) in [6.07, 6.45) is 1.05. The molecule has 0 spiro atoms. The molecule has 0 aliphatic heterocycles. The van der Waals surface area contributed by atoms with E-state index in [4.69, 9.17) is 10.2 Å². The predicted octanol–water partition coefficient (Wildman–Crippen LogP) is 2.93. The van der Waals surface area contributed by atoms with Crippen molar-refractivity contribution >= 4 is 23.6 Å². The molecule has 0 radical (unpaired) electrons. The summed E-state index contributed by atoms with van der Waals surface area (Å²) in [6, 6.07) is 13.6. The number of carboxylic acid groups (broad SMARTS) is 2. The van der Waals surface area contributed by atoms with Crippen molar-refractivity contribution < 1.29 is 19.8 Å². The molecule has 0 unspecified atom stereocenters. The van der Waals surface area contributed by atoms with Crippen LogP contribution in [0.2, 0.25) is 0 Å². The van der Waals surface area contributed by atoms with E-state index >= 15 is 0 Å². The lowest BCUT2D eigenvalue weighted by Gasteiger charge is -2.06. The van der Waals surface area contributed by atoms with Crippen molar-refractivity contribution in [3.05, 3.63) is 82.5 Å². The summed E-state index contributed by atoms with van der Waals surface area (Å²) in [5.41, 5.74) is 2.33. The van der Waals surface area contributed by atoms with Crippen molar-refractivity contribution in [2.75, 3.05) is 10.6 Å². The molecule has 0 bridgehead atoms. The zero-order valence-electron chi connectivity index (χ0n) is 14.7. The lowest BCUT2D eigenvalue weighted by molar-refractivity contribution is 0.208. The van der Waals surface area contributed by atoms with E-state index in [1.54, 1.807) is 59.4 Å². The van der Waals surface area contributed by atoms with E-state index in [0.29, 0.717) is 24.5 Å². The molecule has 1 heterocycles. The molecule has 28 heavy (non-hydrogen) atoms. The molecule has 9 heteroatoms. The van der Waals surface area contributed by atoms with Gasteiger partial charge in [-0.1, -0.05) is 24.3 Å². The first-order chi connectivity index (χ1) is 13.4. The average molecular weight is 382 g/mol. The Morgan fingerprint density at radius 1 is 0.786 bits per heavy atom. The summed E-state index contributed by atoms with van der Waals surface area (Å²) in [4.78, 5) is 33.9. The van der Waals surface area contributed by atoms with Crippen LogP contribution >= 0.6 is 0 Å². The normalized spacial score (nSPS) is 10.4. The third-order valence-electron chi connectivity index (χ3n) is 4.01. The van der Waals surface area contributed by atoms with Gasteiger partial charge in [0, 0.05) is 23.8 Å². The second-order valence-corrected chi connectivity index (χ2v) is 6.09. The molecule has 0 saturated heterocycles. The van der Waals surface area contributed by atoms with Gasteiger partial charge in [0.2, 0.25) is 0 Å². The molecule has 0 fully saturated rings. The summed E-state index contributed by atoms with van der Waals surface area (Å²) >= 11 is 0. The monoisotopic (exact) mass is 382 g/mol. The Bertz CT molecular complexity index is 1050. The highest BCUT2D eigenvalue weighted by Gasteiger charge is 2.07. The maximum absolute atomic E-state index is 12.6. The van der Waals surface area contributed by atoms with Crippen LogP contribution < -0.4 is 16.3 Å². The molecule has 4 N–H and O–H groups in total. The Hall–Kier alpha value is -4.01. The van der Waals surface area contributed by atoms with Gasteiger partial charge in [-0.05, 0) is 35.4 Å². The number of hydrogen-bond acceptors (Lipinski definition) is 3. The zero-order chi connectivity index (χ0) is 20.1. The Kier molecular flexibility index (Phi) is 5.45. The molecule has 144 valence electrons. The summed E-state index contributed by atoms with van der Waals surface area (Å²) in [5, 5.41) is 22.0. The van der Waals surface area contributed by atoms with Crippen molar-refractivity contribution in [1.29, 1.82) is 0 Å². The van der Waals surface area contributed by atoms with Crippen LogP contribution in [0.25, 0.3) is 0 Å². The van der Waals surface area contributed by atoms with Crippen molar-refractivity contribution in [3.63, 3.8) is 0 Å². The Balaban J connectivity index is 1.71. The van der Waals surface area contributed by atoms with Gasteiger partial charge in [0.1, 0.15) is 0 Å². The van der Waals surface area contributed by atoms with Crippen LogP contribution in [0.1, 0.15) is 11.1 Å². The molecular weight excluding hydrogens is 364 g/mol. The second-order valence-electron chi connectivity index (χ2n) is 6.09. The molecule has 0 saturated carbocycles. The first kappa shape index (κ1) is 18.8. The SMILES string of the molecule is O=C(O)Nc1ccc(Cn2ccn(Cc3cccc(NC(=O)O)c3)c2=O)cc1. The van der Waals surface area contributed by atoms with Gasteiger partial charge in [0.25, 0.3) is 0 Å². The highest BCUT2D eigenvalue weighted by atomic mass is 16.4. The molecule has 0 aliphatic rings. The summed E-state index contributed by atoms with van der Waals surface area (Å²) < 4.78 is 3.07. The predicted molar refractivity (Wildman–Crippen MR) is 103 cm³/mol. The van der Waals surface area contributed by atoms with Crippen LogP contribution in [0.3, 0.4) is 0 Å². The van der Waals surface area contributed by atoms with Crippen LogP contribution in [-0.4, -0.2) is 31.5 Å². The fourth-order valence-corrected chi connectivity index (χ4v) is 2.78. The number of aromatic nitrogens is 2. The Labute approximate surface area is 159 Å². The topological polar surface area (TPSA) is 126 Å². The summed E-state index contributed by atoms with van der Waals surface area (Å²) in [6.45, 7) is 0.655. The van der Waals surface area contributed by atoms with Crippen molar-refractivity contribution in [3.8, 4) is 0 Å². The number of anilines is 2. The number of hydrogen-bond donors (Lipinski definition) is 4. The minimum atomic E-state index is -1.15. The minimum Gasteiger partial charge on any atom is -0.465 e. The molecule has 2 aromatic carbocycles. The van der Waals surface area contributed by atoms with Gasteiger partial charge >= 0.3 is 17.9 Å². The Morgan fingerprint density at radius 3 is 1.96 bits per heavy atom. The van der Waals surface area contributed by atoms with E-state index in [9.17, 15) is 14.4 Å². The average Bonchev–Trinajstić information content (AvgIpc) is 2.96. The molecule has 0 atom stereocenters. The number of imidazole rings is 1. The smallest absolute Gasteiger partial charge is 0.409 e. The molecule has 0 aliphatic carbocycles. The van der Waals surface area contributed by atoms with Crippen LogP contribution in [0.4, 0.5) is 21.0 Å². The number of benzene rings is 2. The van der Waals surface area contributed by atoms with Gasteiger partial charge in [-0.2, -0.15) is 0 Å².